The van der Waals surface area contributed by atoms with Gasteiger partial charge in [-0.15, -0.1) is 0 Å². The van der Waals surface area contributed by atoms with Gasteiger partial charge in [0.2, 0.25) is 5.91 Å². The minimum atomic E-state index is -4.62. The maximum atomic E-state index is 13.6. The van der Waals surface area contributed by atoms with Gasteiger partial charge in [-0.2, -0.15) is 18.4 Å². The first-order valence-electron chi connectivity index (χ1n) is 23.6. The maximum Gasteiger partial charge on any atom is 0.417 e. The lowest BCUT2D eigenvalue weighted by Gasteiger charge is -2.37. The van der Waals surface area contributed by atoms with Crippen molar-refractivity contribution in [3.05, 3.63) is 77.0 Å². The van der Waals surface area contributed by atoms with Crippen LogP contribution in [0.3, 0.4) is 0 Å². The van der Waals surface area contributed by atoms with Crippen LogP contribution in [0.2, 0.25) is 0 Å². The van der Waals surface area contributed by atoms with Crippen LogP contribution in [0.15, 0.2) is 54.7 Å². The Bertz CT molecular complexity index is 2450. The Hall–Kier alpha value is -5.90. The predicted molar refractivity (Wildman–Crippen MR) is 244 cm³/mol. The number of nitrogens with zero attached hydrogens (tertiary/aromatic N) is 9. The molecule has 0 radical (unpaired) electrons. The second-order valence-corrected chi connectivity index (χ2v) is 19.6. The first-order chi connectivity index (χ1) is 32.1. The lowest BCUT2D eigenvalue weighted by molar-refractivity contribution is -0.739. The van der Waals surface area contributed by atoms with Crippen molar-refractivity contribution in [1.29, 1.82) is 5.26 Å². The number of likely N-dealkylation sites (N-methyl/N-ethyl adjacent to an activating group) is 1. The number of anilines is 4. The molecule has 6 aliphatic heterocycles. The number of alkyl halides is 3. The summed E-state index contributed by atoms with van der Waals surface area (Å²) < 4.78 is 40.0. The predicted octanol–water partition coefficient (Wildman–Crippen LogP) is 5.08. The van der Waals surface area contributed by atoms with Gasteiger partial charge in [0.25, 0.3) is 11.8 Å². The van der Waals surface area contributed by atoms with Crippen molar-refractivity contribution in [2.24, 2.45) is 17.8 Å². The molecule has 9 rings (SSSR count). The summed E-state index contributed by atoms with van der Waals surface area (Å²) in [5, 5.41) is 12.0. The van der Waals surface area contributed by atoms with E-state index in [1.165, 1.54) is 32.6 Å². The summed E-state index contributed by atoms with van der Waals surface area (Å²) in [6, 6.07) is 13.6. The number of benzene rings is 2. The maximum absolute atomic E-state index is 13.6. The van der Waals surface area contributed by atoms with Crippen LogP contribution in [-0.2, 0) is 20.6 Å². The number of fused-ring (bicyclic) bond motifs is 1. The van der Waals surface area contributed by atoms with Gasteiger partial charge < -0.3 is 24.9 Å². The van der Waals surface area contributed by atoms with Crippen LogP contribution >= 0.6 is 0 Å². The Labute approximate surface area is 388 Å². The van der Waals surface area contributed by atoms with Crippen molar-refractivity contribution in [3.63, 3.8) is 0 Å². The number of aromatic nitrogens is 1. The molecule has 67 heavy (non-hydrogen) atoms. The lowest BCUT2D eigenvalue weighted by Crippen LogP contribution is -2.63. The van der Waals surface area contributed by atoms with Crippen molar-refractivity contribution < 1.29 is 41.6 Å². The fourth-order valence-corrected chi connectivity index (χ4v) is 11.0. The molecular formula is C49H58F3N10O5+. The topological polar surface area (TPSA) is 154 Å². The monoisotopic (exact) mass is 923 g/mol. The third-order valence-electron chi connectivity index (χ3n) is 15.1. The molecule has 2 aromatic carbocycles. The summed E-state index contributed by atoms with van der Waals surface area (Å²) in [7, 11) is 3.03. The summed E-state index contributed by atoms with van der Waals surface area (Å²) in [5.74, 6) is -0.314. The summed E-state index contributed by atoms with van der Waals surface area (Å²) in [6.45, 7) is 10.5. The second-order valence-electron chi connectivity index (χ2n) is 19.6. The van der Waals surface area contributed by atoms with Crippen LogP contribution in [0, 0.1) is 29.1 Å². The Morgan fingerprint density at radius 1 is 0.731 bits per heavy atom. The van der Waals surface area contributed by atoms with Gasteiger partial charge in [0, 0.05) is 89.3 Å². The van der Waals surface area contributed by atoms with E-state index in [2.05, 4.69) is 29.9 Å². The van der Waals surface area contributed by atoms with Gasteiger partial charge in [-0.3, -0.25) is 24.2 Å². The van der Waals surface area contributed by atoms with Gasteiger partial charge in [0.05, 0.1) is 60.7 Å². The molecule has 5 fully saturated rings. The number of carbonyl (C=O) groups excluding carboxylic acids is 5. The molecule has 0 spiro atoms. The zero-order valence-electron chi connectivity index (χ0n) is 38.1. The van der Waals surface area contributed by atoms with Crippen molar-refractivity contribution in [3.8, 4) is 6.07 Å². The van der Waals surface area contributed by atoms with Gasteiger partial charge in [0.15, 0.2) is 6.04 Å². The number of likely N-dealkylation sites (tertiary alicyclic amines) is 2. The molecule has 7 heterocycles. The molecule has 354 valence electrons. The Morgan fingerprint density at radius 3 is 2.03 bits per heavy atom. The molecule has 1 unspecified atom stereocenters. The molecular weight excluding hydrogens is 866 g/mol. The largest absolute Gasteiger partial charge is 0.417 e. The van der Waals surface area contributed by atoms with Crippen LogP contribution < -0.4 is 20.0 Å². The van der Waals surface area contributed by atoms with Crippen LogP contribution in [0.1, 0.15) is 76.8 Å². The molecule has 0 bridgehead atoms. The normalized spacial score (nSPS) is 23.5. The van der Waals surface area contributed by atoms with Crippen molar-refractivity contribution in [1.82, 2.24) is 19.7 Å². The first-order valence-corrected chi connectivity index (χ1v) is 23.6. The number of amides is 5. The van der Waals surface area contributed by atoms with Crippen LogP contribution in [0.25, 0.3) is 0 Å². The summed E-state index contributed by atoms with van der Waals surface area (Å²) in [4.78, 5) is 82.9. The number of piperidine rings is 3. The average Bonchev–Trinajstić information content (AvgIpc) is 3.87. The summed E-state index contributed by atoms with van der Waals surface area (Å²) in [5.41, 5.74) is 1.58. The minimum Gasteiger partial charge on any atom is -0.371 e. The highest BCUT2D eigenvalue weighted by Crippen LogP contribution is 2.37. The Kier molecular flexibility index (Phi) is 12.9. The van der Waals surface area contributed by atoms with E-state index in [1.807, 2.05) is 29.3 Å². The molecule has 5 amide bonds. The van der Waals surface area contributed by atoms with E-state index >= 15 is 0 Å². The SMILES string of the molecule is C[N+]1(C)C(=O)CCC(N2C(=O)c3ccc(N4CCN(C[C@H]5CCN(CC6CCN(c7ccc(NC(=O)C8CCN(c9ccc(C#N)c(C(F)(F)F)c9)CC8)nc7)CC6)C5)CC4)cc3C2=O)C1=O. The standard InChI is InChI=1S/C49H57F3N10O5/c1-62(2)44(63)10-8-42(48(62)67)61-46(65)39-7-5-36(25-40(39)47(61)66)60-23-21-56(22-24-60)30-33-11-16-57(31-33)29-32-12-17-59(18-13-32)38-6-9-43(54-28-38)55-45(64)34-14-19-58(20-15-34)37-4-3-35(27-53)41(26-37)49(50,51)52/h3-7,9,25-26,28,32-34,42H,8,10-24,29-31H2,1-2H3/p+1/t33-,42?/m1/s1. The smallest absolute Gasteiger partial charge is 0.371 e. The zero-order chi connectivity index (χ0) is 47.2. The minimum absolute atomic E-state index is 0.136. The first kappa shape index (κ1) is 46.2. The van der Waals surface area contributed by atoms with Crippen LogP contribution in [-0.4, -0.2) is 152 Å². The number of hydrogen-bond donors (Lipinski definition) is 1. The summed E-state index contributed by atoms with van der Waals surface area (Å²) in [6.07, 6.45) is 1.83. The van der Waals surface area contributed by atoms with Crippen LogP contribution in [0.5, 0.6) is 0 Å². The molecule has 1 aromatic heterocycles. The number of hydrogen-bond acceptors (Lipinski definition) is 12. The van der Waals surface area contributed by atoms with Gasteiger partial charge in [-0.25, -0.2) is 19.1 Å². The molecule has 0 aliphatic carbocycles. The number of quaternary nitrogens is 1. The number of carbonyl (C=O) groups is 5. The Morgan fingerprint density at radius 2 is 1.34 bits per heavy atom. The number of nitriles is 1. The molecule has 1 N–H and O–H groups in total. The lowest BCUT2D eigenvalue weighted by atomic mass is 9.95. The van der Waals surface area contributed by atoms with Gasteiger partial charge in [-0.1, -0.05) is 0 Å². The van der Waals surface area contributed by atoms with E-state index in [0.717, 1.165) is 101 Å². The molecule has 0 saturated carbocycles. The van der Waals surface area contributed by atoms with Crippen molar-refractivity contribution in [2.45, 2.75) is 57.2 Å². The molecule has 6 aliphatic rings. The summed E-state index contributed by atoms with van der Waals surface area (Å²) >= 11 is 0. The van der Waals surface area contributed by atoms with E-state index in [9.17, 15) is 37.1 Å². The third kappa shape index (κ3) is 9.50. The van der Waals surface area contributed by atoms with Crippen LogP contribution in [0.4, 0.5) is 36.1 Å². The highest BCUT2D eigenvalue weighted by Gasteiger charge is 2.53. The number of pyridine rings is 1. The van der Waals surface area contributed by atoms with Crippen molar-refractivity contribution in [2.75, 3.05) is 113 Å². The van der Waals surface area contributed by atoms with E-state index in [1.54, 1.807) is 18.2 Å². The molecule has 18 heteroatoms. The highest BCUT2D eigenvalue weighted by molar-refractivity contribution is 6.23. The number of halogens is 3. The molecule has 15 nitrogen and oxygen atoms in total. The van der Waals surface area contributed by atoms with E-state index in [-0.39, 0.29) is 30.6 Å². The van der Waals surface area contributed by atoms with Gasteiger partial charge >= 0.3 is 18.0 Å². The van der Waals surface area contributed by atoms with Gasteiger partial charge in [0.1, 0.15) is 5.82 Å². The van der Waals surface area contributed by atoms with E-state index in [4.69, 9.17) is 5.26 Å². The van der Waals surface area contributed by atoms with E-state index in [0.29, 0.717) is 60.4 Å². The Balaban J connectivity index is 0.676. The number of piperazine rings is 1. The molecule has 2 atom stereocenters. The second kappa shape index (κ2) is 18.6. The number of imide groups is 2. The van der Waals surface area contributed by atoms with Gasteiger partial charge in [-0.05, 0) is 105 Å². The average molecular weight is 924 g/mol. The van der Waals surface area contributed by atoms with E-state index < -0.39 is 45.5 Å². The molecule has 3 aromatic rings. The molecule has 5 saturated heterocycles. The third-order valence-corrected chi connectivity index (χ3v) is 15.1. The fraction of sp³-hybridized carbons (Fsp3) is 0.531. The highest BCUT2D eigenvalue weighted by atomic mass is 19.4. The number of rotatable bonds is 10. The quantitative estimate of drug-likeness (QED) is 0.213. The van der Waals surface area contributed by atoms with Crippen molar-refractivity contribution >= 4 is 52.4 Å². The number of nitrogens with one attached hydrogen (secondary N) is 1. The zero-order valence-corrected chi connectivity index (χ0v) is 38.1. The fourth-order valence-electron chi connectivity index (χ4n) is 11.0.